The second kappa shape index (κ2) is 11.8. The Hall–Kier alpha value is -3.66. The molecular formula is C30H31F3N2O4S. The van der Waals surface area contributed by atoms with Crippen molar-refractivity contribution in [3.8, 4) is 0 Å². The topological polar surface area (TPSA) is 83.6 Å². The van der Waals surface area contributed by atoms with Gasteiger partial charge in [-0.15, -0.1) is 0 Å². The first-order chi connectivity index (χ1) is 18.9. The standard InChI is InChI=1S/C30H31F3N2O4S/c1-20-10-9-11-21(2)26(20)34-28(36)27(22-16-18-25(19-17-22)40(38,39)30(31,32)33)35(24-14-7-4-8-15-24)29(37)23-12-5-3-6-13-23/h3,5-6,9-13,16-19,24,27H,4,7-8,14-15H2,1-2H3,(H,34,36)/t27-/m0/s1. The number of carbonyl (C=O) groups is 2. The van der Waals surface area contributed by atoms with Crippen molar-refractivity contribution in [2.45, 2.75) is 68.4 Å². The lowest BCUT2D eigenvalue weighted by atomic mass is 9.90. The number of aryl methyl sites for hydroxylation is 2. The van der Waals surface area contributed by atoms with E-state index < -0.39 is 32.2 Å². The highest BCUT2D eigenvalue weighted by Crippen LogP contribution is 2.36. The van der Waals surface area contributed by atoms with E-state index in [-0.39, 0.29) is 17.5 Å². The van der Waals surface area contributed by atoms with Gasteiger partial charge in [-0.25, -0.2) is 8.42 Å². The predicted octanol–water partition coefficient (Wildman–Crippen LogP) is 6.75. The van der Waals surface area contributed by atoms with Crippen LogP contribution in [0.3, 0.4) is 0 Å². The molecule has 0 aromatic heterocycles. The van der Waals surface area contributed by atoms with Gasteiger partial charge in [0.05, 0.1) is 4.90 Å². The van der Waals surface area contributed by atoms with Crippen molar-refractivity contribution >= 4 is 27.3 Å². The monoisotopic (exact) mass is 572 g/mol. The highest BCUT2D eigenvalue weighted by Gasteiger charge is 2.47. The summed E-state index contributed by atoms with van der Waals surface area (Å²) >= 11 is 0. The fourth-order valence-electron chi connectivity index (χ4n) is 5.19. The molecule has 2 amide bonds. The molecule has 0 radical (unpaired) electrons. The molecule has 1 saturated carbocycles. The molecule has 0 bridgehead atoms. The molecule has 0 saturated heterocycles. The number of amides is 2. The molecule has 4 rings (SSSR count). The number of nitrogens with zero attached hydrogens (tertiary/aromatic N) is 1. The molecule has 10 heteroatoms. The zero-order valence-corrected chi connectivity index (χ0v) is 23.1. The average Bonchev–Trinajstić information content (AvgIpc) is 2.93. The number of sulfone groups is 1. The van der Waals surface area contributed by atoms with Crippen LogP contribution in [0.1, 0.15) is 65.2 Å². The van der Waals surface area contributed by atoms with Crippen LogP contribution < -0.4 is 5.32 Å². The molecule has 0 spiro atoms. The van der Waals surface area contributed by atoms with Gasteiger partial charge in [-0.2, -0.15) is 13.2 Å². The molecule has 3 aromatic rings. The molecule has 3 aromatic carbocycles. The summed E-state index contributed by atoms with van der Waals surface area (Å²) < 4.78 is 63.5. The Labute approximate surface area is 232 Å². The van der Waals surface area contributed by atoms with Gasteiger partial charge < -0.3 is 10.2 Å². The summed E-state index contributed by atoms with van der Waals surface area (Å²) in [6.07, 6.45) is 4.03. The van der Waals surface area contributed by atoms with Gasteiger partial charge in [0.25, 0.3) is 21.7 Å². The summed E-state index contributed by atoms with van der Waals surface area (Å²) in [6, 6.07) is 16.5. The van der Waals surface area contributed by atoms with E-state index in [0.29, 0.717) is 24.1 Å². The average molecular weight is 573 g/mol. The first kappa shape index (κ1) is 29.3. The Morgan fingerprint density at radius 2 is 1.43 bits per heavy atom. The van der Waals surface area contributed by atoms with Crippen LogP contribution in [-0.2, 0) is 14.6 Å². The van der Waals surface area contributed by atoms with E-state index in [4.69, 9.17) is 0 Å². The van der Waals surface area contributed by atoms with Gasteiger partial charge in [-0.3, -0.25) is 9.59 Å². The lowest BCUT2D eigenvalue weighted by Crippen LogP contribution is -2.48. The number of hydrogen-bond acceptors (Lipinski definition) is 4. The Morgan fingerprint density at radius 3 is 1.98 bits per heavy atom. The highest BCUT2D eigenvalue weighted by atomic mass is 32.2. The highest BCUT2D eigenvalue weighted by molar-refractivity contribution is 7.92. The number of anilines is 1. The third-order valence-electron chi connectivity index (χ3n) is 7.29. The summed E-state index contributed by atoms with van der Waals surface area (Å²) in [5.74, 6) is -0.931. The van der Waals surface area contributed by atoms with Crippen molar-refractivity contribution in [2.24, 2.45) is 0 Å². The van der Waals surface area contributed by atoms with E-state index in [1.54, 1.807) is 30.3 Å². The summed E-state index contributed by atoms with van der Waals surface area (Å²) in [7, 11) is -5.58. The summed E-state index contributed by atoms with van der Waals surface area (Å²) in [6.45, 7) is 3.67. The Kier molecular flexibility index (Phi) is 8.68. The third-order valence-corrected chi connectivity index (χ3v) is 8.79. The quantitative estimate of drug-likeness (QED) is 0.339. The van der Waals surface area contributed by atoms with Gasteiger partial charge in [0.2, 0.25) is 0 Å². The number of alkyl halides is 3. The second-order valence-electron chi connectivity index (χ2n) is 10.0. The summed E-state index contributed by atoms with van der Waals surface area (Å²) in [5, 5.41) is 2.94. The largest absolute Gasteiger partial charge is 0.501 e. The third kappa shape index (κ3) is 6.06. The van der Waals surface area contributed by atoms with Crippen LogP contribution in [0.4, 0.5) is 18.9 Å². The van der Waals surface area contributed by atoms with Gasteiger partial charge in [0.15, 0.2) is 0 Å². The van der Waals surface area contributed by atoms with Gasteiger partial charge in [0, 0.05) is 17.3 Å². The zero-order chi connectivity index (χ0) is 29.1. The number of hydrogen-bond donors (Lipinski definition) is 1. The number of carbonyl (C=O) groups excluding carboxylic acids is 2. The molecular weight excluding hydrogens is 541 g/mol. The molecule has 1 atom stereocenters. The number of benzene rings is 3. The van der Waals surface area contributed by atoms with Crippen LogP contribution in [0, 0.1) is 13.8 Å². The van der Waals surface area contributed by atoms with E-state index >= 15 is 0 Å². The fourth-order valence-corrected chi connectivity index (χ4v) is 5.95. The zero-order valence-electron chi connectivity index (χ0n) is 22.2. The van der Waals surface area contributed by atoms with Crippen molar-refractivity contribution < 1.29 is 31.2 Å². The van der Waals surface area contributed by atoms with Crippen molar-refractivity contribution in [3.63, 3.8) is 0 Å². The molecule has 212 valence electrons. The minimum atomic E-state index is -5.58. The lowest BCUT2D eigenvalue weighted by Gasteiger charge is -2.40. The van der Waals surface area contributed by atoms with Crippen LogP contribution in [0.5, 0.6) is 0 Å². The first-order valence-electron chi connectivity index (χ1n) is 13.1. The molecule has 40 heavy (non-hydrogen) atoms. The minimum absolute atomic E-state index is 0.208. The van der Waals surface area contributed by atoms with Crippen LogP contribution >= 0.6 is 0 Å². The Balaban J connectivity index is 1.84. The number of halogens is 3. The maximum absolute atomic E-state index is 14.1. The minimum Gasteiger partial charge on any atom is -0.323 e. The Morgan fingerprint density at radius 1 is 0.850 bits per heavy atom. The van der Waals surface area contributed by atoms with E-state index in [2.05, 4.69) is 5.32 Å². The molecule has 1 aliphatic rings. The Bertz CT molecular complexity index is 1450. The first-order valence-corrected chi connectivity index (χ1v) is 14.6. The molecule has 0 heterocycles. The maximum atomic E-state index is 14.1. The number of para-hydroxylation sites is 1. The van der Waals surface area contributed by atoms with Gasteiger partial charge in [-0.1, -0.05) is 67.8 Å². The van der Waals surface area contributed by atoms with Crippen molar-refractivity contribution in [1.29, 1.82) is 0 Å². The molecule has 0 unspecified atom stereocenters. The van der Waals surface area contributed by atoms with E-state index in [9.17, 15) is 31.2 Å². The van der Waals surface area contributed by atoms with Crippen molar-refractivity contribution in [1.82, 2.24) is 4.90 Å². The molecule has 1 aliphatic carbocycles. The number of rotatable bonds is 7. The van der Waals surface area contributed by atoms with Crippen LogP contribution in [0.25, 0.3) is 0 Å². The second-order valence-corrected chi connectivity index (χ2v) is 12.0. The molecule has 0 aliphatic heterocycles. The lowest BCUT2D eigenvalue weighted by molar-refractivity contribution is -0.121. The maximum Gasteiger partial charge on any atom is 0.501 e. The summed E-state index contributed by atoms with van der Waals surface area (Å²) in [4.78, 5) is 28.7. The molecule has 1 fully saturated rings. The van der Waals surface area contributed by atoms with Gasteiger partial charge >= 0.3 is 5.51 Å². The molecule has 1 N–H and O–H groups in total. The van der Waals surface area contributed by atoms with Gasteiger partial charge in [-0.05, 0) is 67.6 Å². The normalized spacial score (nSPS) is 15.3. The smallest absolute Gasteiger partial charge is 0.323 e. The SMILES string of the molecule is Cc1cccc(C)c1NC(=O)[C@H](c1ccc(S(=O)(=O)C(F)(F)F)cc1)N(C(=O)c1ccccc1)C1CCCCC1. The van der Waals surface area contributed by atoms with Crippen molar-refractivity contribution in [3.05, 3.63) is 95.1 Å². The van der Waals surface area contributed by atoms with Crippen LogP contribution in [0.15, 0.2) is 77.7 Å². The van der Waals surface area contributed by atoms with Gasteiger partial charge in [0.1, 0.15) is 6.04 Å². The van der Waals surface area contributed by atoms with E-state index in [0.717, 1.165) is 42.5 Å². The fraction of sp³-hybridized carbons (Fsp3) is 0.333. The molecule has 6 nitrogen and oxygen atoms in total. The van der Waals surface area contributed by atoms with E-state index in [1.165, 1.54) is 17.0 Å². The van der Waals surface area contributed by atoms with E-state index in [1.807, 2.05) is 32.0 Å². The number of nitrogens with one attached hydrogen (secondary N) is 1. The van der Waals surface area contributed by atoms with Crippen LogP contribution in [0.2, 0.25) is 0 Å². The van der Waals surface area contributed by atoms with Crippen molar-refractivity contribution in [2.75, 3.05) is 5.32 Å². The summed E-state index contributed by atoms with van der Waals surface area (Å²) in [5.41, 5.74) is -2.71. The van der Waals surface area contributed by atoms with Crippen LogP contribution in [-0.4, -0.2) is 36.7 Å². The predicted molar refractivity (Wildman–Crippen MR) is 146 cm³/mol.